The molecular formula is C25H26N2O5. The topological polar surface area (TPSA) is 95.9 Å². The van der Waals surface area contributed by atoms with E-state index < -0.39 is 17.6 Å². The molecular weight excluding hydrogens is 408 g/mol. The molecule has 7 heteroatoms. The molecule has 0 saturated heterocycles. The van der Waals surface area contributed by atoms with Gasteiger partial charge in [-0.15, -0.1) is 0 Å². The molecule has 0 spiro atoms. The number of carboxylic acid groups (broad SMARTS) is 1. The highest BCUT2D eigenvalue weighted by Crippen LogP contribution is 2.44. The average Bonchev–Trinajstić information content (AvgIpc) is 3.71. The Labute approximate surface area is 186 Å². The lowest BCUT2D eigenvalue weighted by molar-refractivity contribution is -0.146. The average molecular weight is 434 g/mol. The Balaban J connectivity index is 1.24. The van der Waals surface area contributed by atoms with Gasteiger partial charge in [0, 0.05) is 12.5 Å². The van der Waals surface area contributed by atoms with Crippen LogP contribution in [0.3, 0.4) is 0 Å². The minimum Gasteiger partial charge on any atom is -0.480 e. The quantitative estimate of drug-likeness (QED) is 0.664. The lowest BCUT2D eigenvalue weighted by Gasteiger charge is -2.26. The first-order valence-corrected chi connectivity index (χ1v) is 11.1. The van der Waals surface area contributed by atoms with Crippen LogP contribution in [0.25, 0.3) is 11.1 Å². The summed E-state index contributed by atoms with van der Waals surface area (Å²) in [6.45, 7) is 0.258. The first-order chi connectivity index (χ1) is 15.5. The maximum Gasteiger partial charge on any atom is 0.408 e. The van der Waals surface area contributed by atoms with Crippen LogP contribution in [-0.2, 0) is 14.3 Å². The number of nitrogens with one attached hydrogen (secondary N) is 1. The number of amides is 2. The SMILES string of the molecule is O=C(O)CN(CC1CC1)C(=O)C1(NC(=O)OCC2c3ccccc3-c3ccccc32)CC1. The fraction of sp³-hybridized carbons (Fsp3) is 0.400. The minimum atomic E-state index is -1.05. The van der Waals surface area contributed by atoms with E-state index in [2.05, 4.69) is 29.6 Å². The van der Waals surface area contributed by atoms with Gasteiger partial charge in [0.05, 0.1) is 0 Å². The molecule has 3 aliphatic carbocycles. The number of ether oxygens (including phenoxy) is 1. The van der Waals surface area contributed by atoms with E-state index >= 15 is 0 Å². The van der Waals surface area contributed by atoms with E-state index in [0.29, 0.717) is 25.3 Å². The Morgan fingerprint density at radius 3 is 2.12 bits per heavy atom. The molecule has 0 unspecified atom stereocenters. The zero-order valence-corrected chi connectivity index (χ0v) is 17.8. The molecule has 2 aromatic rings. The number of hydrogen-bond donors (Lipinski definition) is 2. The van der Waals surface area contributed by atoms with Gasteiger partial charge in [-0.1, -0.05) is 48.5 Å². The largest absolute Gasteiger partial charge is 0.480 e. The molecule has 7 nitrogen and oxygen atoms in total. The van der Waals surface area contributed by atoms with E-state index in [1.54, 1.807) is 0 Å². The van der Waals surface area contributed by atoms with Crippen LogP contribution in [0.2, 0.25) is 0 Å². The second-order valence-electron chi connectivity index (χ2n) is 9.06. The van der Waals surface area contributed by atoms with E-state index in [-0.39, 0.29) is 25.0 Å². The Kier molecular flexibility index (Phi) is 5.12. The summed E-state index contributed by atoms with van der Waals surface area (Å²) in [5.41, 5.74) is 3.50. The van der Waals surface area contributed by atoms with Crippen LogP contribution in [0.1, 0.15) is 42.7 Å². The van der Waals surface area contributed by atoms with Gasteiger partial charge in [-0.2, -0.15) is 0 Å². The molecule has 0 radical (unpaired) electrons. The first kappa shape index (κ1) is 20.5. The molecule has 0 aromatic heterocycles. The number of hydrogen-bond acceptors (Lipinski definition) is 4. The molecule has 2 N–H and O–H groups in total. The molecule has 166 valence electrons. The monoisotopic (exact) mass is 434 g/mol. The number of carboxylic acids is 1. The van der Waals surface area contributed by atoms with E-state index in [4.69, 9.17) is 4.74 Å². The van der Waals surface area contributed by atoms with Gasteiger partial charge in [-0.3, -0.25) is 9.59 Å². The van der Waals surface area contributed by atoms with Crippen molar-refractivity contribution in [3.63, 3.8) is 0 Å². The van der Waals surface area contributed by atoms with Crippen molar-refractivity contribution in [3.8, 4) is 11.1 Å². The maximum absolute atomic E-state index is 13.0. The van der Waals surface area contributed by atoms with Crippen LogP contribution in [0, 0.1) is 5.92 Å². The van der Waals surface area contributed by atoms with Gasteiger partial charge in [0.1, 0.15) is 18.7 Å². The summed E-state index contributed by atoms with van der Waals surface area (Å²) in [5.74, 6) is -1.06. The fourth-order valence-electron chi connectivity index (χ4n) is 4.64. The molecule has 2 saturated carbocycles. The van der Waals surface area contributed by atoms with Crippen molar-refractivity contribution in [2.45, 2.75) is 37.1 Å². The molecule has 2 fully saturated rings. The Bertz CT molecular complexity index is 1030. The van der Waals surface area contributed by atoms with Crippen molar-refractivity contribution in [3.05, 3.63) is 59.7 Å². The smallest absolute Gasteiger partial charge is 0.408 e. The molecule has 0 heterocycles. The normalized spacial score (nSPS) is 17.8. The highest BCUT2D eigenvalue weighted by atomic mass is 16.5. The second-order valence-corrected chi connectivity index (χ2v) is 9.06. The van der Waals surface area contributed by atoms with Crippen molar-refractivity contribution < 1.29 is 24.2 Å². The van der Waals surface area contributed by atoms with E-state index in [1.807, 2.05) is 24.3 Å². The lowest BCUT2D eigenvalue weighted by atomic mass is 9.98. The predicted molar refractivity (Wildman–Crippen MR) is 117 cm³/mol. The van der Waals surface area contributed by atoms with Gasteiger partial charge in [-0.25, -0.2) is 4.79 Å². The van der Waals surface area contributed by atoms with E-state index in [1.165, 1.54) is 4.90 Å². The number of alkyl carbamates (subject to hydrolysis) is 1. The third-order valence-electron chi connectivity index (χ3n) is 6.63. The lowest BCUT2D eigenvalue weighted by Crippen LogP contribution is -2.52. The number of carbonyl (C=O) groups excluding carboxylic acids is 2. The third kappa shape index (κ3) is 3.95. The van der Waals surface area contributed by atoms with Crippen molar-refractivity contribution in [1.29, 1.82) is 0 Å². The number of fused-ring (bicyclic) bond motifs is 3. The summed E-state index contributed by atoms with van der Waals surface area (Å²) in [4.78, 5) is 38.3. The first-order valence-electron chi connectivity index (χ1n) is 11.1. The Hall–Kier alpha value is -3.35. The molecule has 5 rings (SSSR count). The van der Waals surface area contributed by atoms with Gasteiger partial charge in [0.15, 0.2) is 0 Å². The van der Waals surface area contributed by atoms with Crippen LogP contribution in [0.4, 0.5) is 4.79 Å². The van der Waals surface area contributed by atoms with Gasteiger partial charge in [0.2, 0.25) is 5.91 Å². The maximum atomic E-state index is 13.0. The number of benzene rings is 2. The van der Waals surface area contributed by atoms with Crippen molar-refractivity contribution in [2.75, 3.05) is 19.7 Å². The molecule has 2 aromatic carbocycles. The van der Waals surface area contributed by atoms with E-state index in [0.717, 1.165) is 35.1 Å². The molecule has 0 atom stereocenters. The Morgan fingerprint density at radius 1 is 1.00 bits per heavy atom. The highest BCUT2D eigenvalue weighted by Gasteiger charge is 2.54. The van der Waals surface area contributed by atoms with Gasteiger partial charge < -0.3 is 20.1 Å². The van der Waals surface area contributed by atoms with Gasteiger partial charge in [0.25, 0.3) is 0 Å². The van der Waals surface area contributed by atoms with Crippen LogP contribution >= 0.6 is 0 Å². The summed E-state index contributed by atoms with van der Waals surface area (Å²) >= 11 is 0. The number of nitrogens with zero attached hydrogens (tertiary/aromatic N) is 1. The molecule has 0 aliphatic heterocycles. The fourth-order valence-corrected chi connectivity index (χ4v) is 4.64. The van der Waals surface area contributed by atoms with Crippen LogP contribution in [-0.4, -0.2) is 53.2 Å². The van der Waals surface area contributed by atoms with Crippen LogP contribution < -0.4 is 5.32 Å². The molecule has 3 aliphatic rings. The standard InChI is InChI=1S/C25H26N2O5/c28-22(29)14-27(13-16-9-10-16)23(30)25(11-12-25)26-24(31)32-15-21-19-7-3-1-5-17(19)18-6-2-4-8-20(18)21/h1-8,16,21H,9-15H2,(H,26,31)(H,28,29). The number of aliphatic carboxylic acids is 1. The van der Waals surface area contributed by atoms with Crippen molar-refractivity contribution in [1.82, 2.24) is 10.2 Å². The summed E-state index contributed by atoms with van der Waals surface area (Å²) in [5, 5.41) is 11.9. The van der Waals surface area contributed by atoms with E-state index in [9.17, 15) is 19.5 Å². The highest BCUT2D eigenvalue weighted by molar-refractivity contribution is 5.94. The molecule has 0 bridgehead atoms. The zero-order chi connectivity index (χ0) is 22.3. The number of rotatable bonds is 8. The number of carbonyl (C=O) groups is 3. The summed E-state index contributed by atoms with van der Waals surface area (Å²) in [7, 11) is 0. The predicted octanol–water partition coefficient (Wildman–Crippen LogP) is 3.38. The van der Waals surface area contributed by atoms with Crippen LogP contribution in [0.15, 0.2) is 48.5 Å². The summed E-state index contributed by atoms with van der Waals surface area (Å²) < 4.78 is 5.58. The third-order valence-corrected chi connectivity index (χ3v) is 6.63. The zero-order valence-electron chi connectivity index (χ0n) is 17.8. The van der Waals surface area contributed by atoms with Crippen LogP contribution in [0.5, 0.6) is 0 Å². The van der Waals surface area contributed by atoms with Crippen molar-refractivity contribution >= 4 is 18.0 Å². The van der Waals surface area contributed by atoms with Gasteiger partial charge >= 0.3 is 12.1 Å². The summed E-state index contributed by atoms with van der Waals surface area (Å²) in [6, 6.07) is 16.2. The molecule has 32 heavy (non-hydrogen) atoms. The van der Waals surface area contributed by atoms with Gasteiger partial charge in [-0.05, 0) is 53.9 Å². The summed E-state index contributed by atoms with van der Waals surface area (Å²) in [6.07, 6.45) is 2.37. The molecule has 2 amide bonds. The second kappa shape index (κ2) is 7.97. The minimum absolute atomic E-state index is 0.0580. The Morgan fingerprint density at radius 2 is 1.59 bits per heavy atom. The van der Waals surface area contributed by atoms with Crippen molar-refractivity contribution in [2.24, 2.45) is 5.92 Å².